The fourth-order valence-corrected chi connectivity index (χ4v) is 4.21. The van der Waals surface area contributed by atoms with Crippen molar-refractivity contribution in [2.45, 2.75) is 25.4 Å². The number of benzene rings is 2. The third-order valence-corrected chi connectivity index (χ3v) is 5.77. The van der Waals surface area contributed by atoms with Gasteiger partial charge in [-0.1, -0.05) is 36.4 Å². The smallest absolute Gasteiger partial charge is 0.250 e. The van der Waals surface area contributed by atoms with Crippen molar-refractivity contribution in [3.63, 3.8) is 0 Å². The van der Waals surface area contributed by atoms with Gasteiger partial charge in [0.25, 0.3) is 5.56 Å². The van der Waals surface area contributed by atoms with Gasteiger partial charge in [0.2, 0.25) is 5.91 Å². The molecule has 1 aliphatic rings. The van der Waals surface area contributed by atoms with E-state index in [-0.39, 0.29) is 23.9 Å². The first-order chi connectivity index (χ1) is 15.1. The maximum atomic E-state index is 13.3. The minimum absolute atomic E-state index is 0.0186. The van der Waals surface area contributed by atoms with E-state index in [1.165, 1.54) is 6.07 Å². The lowest BCUT2D eigenvalue weighted by Crippen LogP contribution is -2.41. The second-order valence-electron chi connectivity index (χ2n) is 7.54. The Labute approximate surface area is 181 Å². The molecule has 3 aromatic rings. The summed E-state index contributed by atoms with van der Waals surface area (Å²) in [6.45, 7) is 0.958. The van der Waals surface area contributed by atoms with Crippen LogP contribution in [0.2, 0.25) is 0 Å². The normalized spacial score (nSPS) is 15.3. The van der Waals surface area contributed by atoms with E-state index in [2.05, 4.69) is 0 Å². The predicted octanol–water partition coefficient (Wildman–Crippen LogP) is 3.43. The van der Waals surface area contributed by atoms with E-state index in [4.69, 9.17) is 9.47 Å². The molecule has 2 aromatic carbocycles. The summed E-state index contributed by atoms with van der Waals surface area (Å²) in [6.07, 6.45) is 2.71. The van der Waals surface area contributed by atoms with Crippen LogP contribution >= 0.6 is 0 Å². The highest BCUT2D eigenvalue weighted by Crippen LogP contribution is 2.41. The van der Waals surface area contributed by atoms with Crippen molar-refractivity contribution in [1.82, 2.24) is 9.47 Å². The molecule has 1 atom stereocenters. The van der Waals surface area contributed by atoms with Gasteiger partial charge in [0, 0.05) is 31.8 Å². The van der Waals surface area contributed by atoms with Gasteiger partial charge in [-0.25, -0.2) is 0 Å². The van der Waals surface area contributed by atoms with Crippen LogP contribution < -0.4 is 15.0 Å². The zero-order chi connectivity index (χ0) is 21.8. The van der Waals surface area contributed by atoms with E-state index >= 15 is 0 Å². The van der Waals surface area contributed by atoms with Gasteiger partial charge in [0.15, 0.2) is 11.5 Å². The molecule has 0 fully saturated rings. The average molecular weight is 418 g/mol. The highest BCUT2D eigenvalue weighted by Gasteiger charge is 2.33. The number of ether oxygens (including phenoxy) is 2. The van der Waals surface area contributed by atoms with E-state index in [9.17, 15) is 9.59 Å². The molecular weight excluding hydrogens is 392 g/mol. The number of pyridine rings is 1. The first-order valence-corrected chi connectivity index (χ1v) is 10.4. The van der Waals surface area contributed by atoms with Crippen molar-refractivity contribution in [2.75, 3.05) is 20.8 Å². The zero-order valence-electron chi connectivity index (χ0n) is 17.8. The van der Waals surface area contributed by atoms with Crippen LogP contribution in [0.4, 0.5) is 0 Å². The van der Waals surface area contributed by atoms with Gasteiger partial charge in [-0.05, 0) is 41.3 Å². The number of nitrogens with zero attached hydrogens (tertiary/aromatic N) is 2. The SMILES string of the molecule is COc1cc2c(cc1OC)C(c1ccccc1)N(C(=O)CCn1ccccc1=O)CC2. The van der Waals surface area contributed by atoms with Crippen molar-refractivity contribution in [3.05, 3.63) is 93.9 Å². The van der Waals surface area contributed by atoms with Gasteiger partial charge < -0.3 is 18.9 Å². The number of methoxy groups -OCH3 is 2. The van der Waals surface area contributed by atoms with Crippen molar-refractivity contribution in [2.24, 2.45) is 0 Å². The average Bonchev–Trinajstić information content (AvgIpc) is 2.82. The lowest BCUT2D eigenvalue weighted by atomic mass is 9.87. The summed E-state index contributed by atoms with van der Waals surface area (Å²) in [5, 5.41) is 0. The van der Waals surface area contributed by atoms with Crippen LogP contribution in [0.25, 0.3) is 0 Å². The molecule has 4 rings (SSSR count). The Bertz CT molecular complexity index is 1120. The van der Waals surface area contributed by atoms with Crippen LogP contribution in [0.1, 0.15) is 29.2 Å². The number of amides is 1. The Hall–Kier alpha value is -3.54. The number of hydrogen-bond acceptors (Lipinski definition) is 4. The highest BCUT2D eigenvalue weighted by atomic mass is 16.5. The van der Waals surface area contributed by atoms with Crippen molar-refractivity contribution < 1.29 is 14.3 Å². The third-order valence-electron chi connectivity index (χ3n) is 5.77. The molecule has 0 aliphatic carbocycles. The Morgan fingerprint density at radius 3 is 2.42 bits per heavy atom. The minimum atomic E-state index is -0.218. The summed E-state index contributed by atoms with van der Waals surface area (Å²) < 4.78 is 12.6. The molecule has 160 valence electrons. The molecule has 6 nitrogen and oxygen atoms in total. The molecular formula is C25H26N2O4. The van der Waals surface area contributed by atoms with Gasteiger partial charge in [-0.2, -0.15) is 0 Å². The third kappa shape index (κ3) is 4.19. The van der Waals surface area contributed by atoms with Crippen molar-refractivity contribution in [3.8, 4) is 11.5 Å². The van der Waals surface area contributed by atoms with Crippen LogP contribution in [0.3, 0.4) is 0 Å². The van der Waals surface area contributed by atoms with E-state index in [0.29, 0.717) is 24.6 Å². The molecule has 31 heavy (non-hydrogen) atoms. The van der Waals surface area contributed by atoms with E-state index in [0.717, 1.165) is 23.1 Å². The maximum Gasteiger partial charge on any atom is 0.250 e. The summed E-state index contributed by atoms with van der Waals surface area (Å²) in [6, 6.07) is 18.8. The van der Waals surface area contributed by atoms with Gasteiger partial charge >= 0.3 is 0 Å². The van der Waals surface area contributed by atoms with Crippen LogP contribution in [-0.4, -0.2) is 36.1 Å². The molecule has 0 saturated heterocycles. The molecule has 0 spiro atoms. The molecule has 2 heterocycles. The quantitative estimate of drug-likeness (QED) is 0.615. The van der Waals surface area contributed by atoms with E-state index < -0.39 is 0 Å². The number of carbonyl (C=O) groups is 1. The summed E-state index contributed by atoms with van der Waals surface area (Å²) in [4.78, 5) is 27.2. The largest absolute Gasteiger partial charge is 0.493 e. The van der Waals surface area contributed by atoms with Crippen molar-refractivity contribution >= 4 is 5.91 Å². The lowest BCUT2D eigenvalue weighted by Gasteiger charge is -2.38. The summed E-state index contributed by atoms with van der Waals surface area (Å²) in [7, 11) is 3.24. The van der Waals surface area contributed by atoms with Gasteiger partial charge in [0.05, 0.1) is 20.3 Å². The van der Waals surface area contributed by atoms with Gasteiger partial charge in [-0.15, -0.1) is 0 Å². The van der Waals surface area contributed by atoms with Crippen LogP contribution in [-0.2, 0) is 17.8 Å². The summed E-state index contributed by atoms with van der Waals surface area (Å²) in [5.74, 6) is 1.36. The summed E-state index contributed by atoms with van der Waals surface area (Å²) >= 11 is 0. The highest BCUT2D eigenvalue weighted by molar-refractivity contribution is 5.78. The zero-order valence-corrected chi connectivity index (χ0v) is 17.8. The molecule has 1 amide bonds. The van der Waals surface area contributed by atoms with Crippen LogP contribution in [0.5, 0.6) is 11.5 Å². The molecule has 6 heteroatoms. The monoisotopic (exact) mass is 418 g/mol. The Morgan fingerprint density at radius 1 is 1.00 bits per heavy atom. The number of aromatic nitrogens is 1. The summed E-state index contributed by atoms with van der Waals surface area (Å²) in [5.41, 5.74) is 3.13. The molecule has 1 aromatic heterocycles. The van der Waals surface area contributed by atoms with E-state index in [1.54, 1.807) is 37.1 Å². The first kappa shape index (κ1) is 20.7. The molecule has 0 saturated carbocycles. The minimum Gasteiger partial charge on any atom is -0.493 e. The number of aryl methyl sites for hydroxylation is 1. The van der Waals surface area contributed by atoms with Gasteiger partial charge in [0.1, 0.15) is 0 Å². The number of fused-ring (bicyclic) bond motifs is 1. The topological polar surface area (TPSA) is 60.8 Å². The Kier molecular flexibility index (Phi) is 6.07. The van der Waals surface area contributed by atoms with E-state index in [1.807, 2.05) is 47.4 Å². The number of carbonyl (C=O) groups excluding carboxylic acids is 1. The Balaban J connectivity index is 1.68. The second kappa shape index (κ2) is 9.08. The Morgan fingerprint density at radius 2 is 1.71 bits per heavy atom. The molecule has 1 aliphatic heterocycles. The molecule has 0 bridgehead atoms. The fourth-order valence-electron chi connectivity index (χ4n) is 4.21. The second-order valence-corrected chi connectivity index (χ2v) is 7.54. The standard InChI is InChI=1S/C25H26N2O4/c1-30-21-16-19-11-15-27(24(29)12-14-26-13-7-6-10-23(26)28)25(18-8-4-3-5-9-18)20(19)17-22(21)31-2/h3-10,13,16-17,25H,11-12,14-15H2,1-2H3. The van der Waals surface area contributed by atoms with Crippen LogP contribution in [0, 0.1) is 0 Å². The van der Waals surface area contributed by atoms with Crippen molar-refractivity contribution in [1.29, 1.82) is 0 Å². The maximum absolute atomic E-state index is 13.3. The number of hydrogen-bond donors (Lipinski definition) is 0. The molecule has 0 N–H and O–H groups in total. The molecule has 0 radical (unpaired) electrons. The molecule has 1 unspecified atom stereocenters. The lowest BCUT2D eigenvalue weighted by molar-refractivity contribution is -0.133. The first-order valence-electron chi connectivity index (χ1n) is 10.4. The van der Waals surface area contributed by atoms with Crippen LogP contribution in [0.15, 0.2) is 71.7 Å². The fraction of sp³-hybridized carbons (Fsp3) is 0.280. The van der Waals surface area contributed by atoms with Gasteiger partial charge in [-0.3, -0.25) is 9.59 Å². The predicted molar refractivity (Wildman–Crippen MR) is 119 cm³/mol. The number of rotatable bonds is 6.